The number of carbonyl (C=O) groups excluding carboxylic acids is 1. The minimum absolute atomic E-state index is 0.141. The van der Waals surface area contributed by atoms with E-state index in [1.807, 2.05) is 0 Å². The second-order valence-corrected chi connectivity index (χ2v) is 3.88. The molecule has 0 fully saturated rings. The van der Waals surface area contributed by atoms with Gasteiger partial charge in [-0.3, -0.25) is 0 Å². The fourth-order valence-electron chi connectivity index (χ4n) is 1.67. The second-order valence-electron chi connectivity index (χ2n) is 3.88. The molecule has 0 unspecified atom stereocenters. The van der Waals surface area contributed by atoms with Gasteiger partial charge in [0.15, 0.2) is 5.56 Å². The predicted octanol–water partition coefficient (Wildman–Crippen LogP) is 1.81. The molecule has 0 amide bonds. The van der Waals surface area contributed by atoms with Gasteiger partial charge in [-0.15, -0.1) is 0 Å². The Kier molecular flexibility index (Phi) is 3.74. The quantitative estimate of drug-likeness (QED) is 0.860. The van der Waals surface area contributed by atoms with Gasteiger partial charge in [-0.05, 0) is 24.3 Å². The first-order chi connectivity index (χ1) is 9.56. The van der Waals surface area contributed by atoms with Gasteiger partial charge in [-0.2, -0.15) is 0 Å². The van der Waals surface area contributed by atoms with Gasteiger partial charge >= 0.3 is 11.6 Å². The van der Waals surface area contributed by atoms with Crippen molar-refractivity contribution < 1.29 is 23.8 Å². The third-order valence-corrected chi connectivity index (χ3v) is 2.69. The molecule has 6 heteroatoms. The smallest absolute Gasteiger partial charge is 0.354 e. The van der Waals surface area contributed by atoms with E-state index in [4.69, 9.17) is 9.15 Å². The maximum absolute atomic E-state index is 11.7. The molecular formula is C14H12O6. The normalized spacial score (nSPS) is 10.1. The Hall–Kier alpha value is -2.76. The average molecular weight is 276 g/mol. The Morgan fingerprint density at radius 3 is 2.35 bits per heavy atom. The van der Waals surface area contributed by atoms with Gasteiger partial charge in [0.05, 0.1) is 14.2 Å². The molecule has 1 N–H and O–H groups in total. The average Bonchev–Trinajstić information content (AvgIpc) is 2.46. The first kappa shape index (κ1) is 13.7. The summed E-state index contributed by atoms with van der Waals surface area (Å²) in [6, 6.07) is 7.87. The van der Waals surface area contributed by atoms with Crippen LogP contribution in [0.4, 0.5) is 0 Å². The third kappa shape index (κ3) is 2.49. The number of rotatable bonds is 3. The zero-order valence-corrected chi connectivity index (χ0v) is 10.9. The molecule has 2 rings (SSSR count). The van der Waals surface area contributed by atoms with E-state index in [-0.39, 0.29) is 5.76 Å². The monoisotopic (exact) mass is 276 g/mol. The Bertz CT molecular complexity index is 684. The second kappa shape index (κ2) is 5.48. The van der Waals surface area contributed by atoms with Crippen molar-refractivity contribution in [3.05, 3.63) is 46.3 Å². The van der Waals surface area contributed by atoms with Crippen LogP contribution >= 0.6 is 0 Å². The lowest BCUT2D eigenvalue weighted by Crippen LogP contribution is -2.15. The van der Waals surface area contributed by atoms with E-state index in [1.165, 1.54) is 13.2 Å². The maximum atomic E-state index is 11.7. The zero-order valence-electron chi connectivity index (χ0n) is 10.9. The fourth-order valence-corrected chi connectivity index (χ4v) is 1.67. The summed E-state index contributed by atoms with van der Waals surface area (Å²) in [7, 11) is 2.64. The van der Waals surface area contributed by atoms with Crippen LogP contribution in [0.3, 0.4) is 0 Å². The largest absolute Gasteiger partial charge is 0.507 e. The molecule has 1 aromatic heterocycles. The van der Waals surface area contributed by atoms with E-state index in [0.717, 1.165) is 7.11 Å². The molecule has 104 valence electrons. The molecule has 0 saturated carbocycles. The predicted molar refractivity (Wildman–Crippen MR) is 70.0 cm³/mol. The highest BCUT2D eigenvalue weighted by atomic mass is 16.5. The highest BCUT2D eigenvalue weighted by Gasteiger charge is 2.20. The van der Waals surface area contributed by atoms with Gasteiger partial charge in [0, 0.05) is 11.6 Å². The molecule has 0 aliphatic heterocycles. The summed E-state index contributed by atoms with van der Waals surface area (Å²) in [6.07, 6.45) is 0. The Morgan fingerprint density at radius 2 is 1.85 bits per heavy atom. The number of methoxy groups -OCH3 is 2. The van der Waals surface area contributed by atoms with Crippen molar-refractivity contribution in [3.8, 4) is 22.8 Å². The summed E-state index contributed by atoms with van der Waals surface area (Å²) < 4.78 is 14.4. The topological polar surface area (TPSA) is 86.0 Å². The van der Waals surface area contributed by atoms with Crippen LogP contribution in [0, 0.1) is 0 Å². The van der Waals surface area contributed by atoms with E-state index in [2.05, 4.69) is 4.74 Å². The summed E-state index contributed by atoms with van der Waals surface area (Å²) in [5.74, 6) is -0.647. The molecule has 2 aromatic rings. The zero-order chi connectivity index (χ0) is 14.7. The van der Waals surface area contributed by atoms with Crippen LogP contribution in [0.25, 0.3) is 11.3 Å². The van der Waals surface area contributed by atoms with E-state index in [1.54, 1.807) is 24.3 Å². The van der Waals surface area contributed by atoms with E-state index in [0.29, 0.717) is 11.3 Å². The highest BCUT2D eigenvalue weighted by molar-refractivity contribution is 5.92. The summed E-state index contributed by atoms with van der Waals surface area (Å²) in [5, 5.41) is 9.75. The molecule has 20 heavy (non-hydrogen) atoms. The Labute approximate surface area is 114 Å². The molecule has 0 radical (unpaired) electrons. The number of benzene rings is 1. The molecule has 0 saturated heterocycles. The number of hydrogen-bond acceptors (Lipinski definition) is 6. The molecule has 0 atom stereocenters. The minimum atomic E-state index is -0.956. The van der Waals surface area contributed by atoms with Crippen LogP contribution in [-0.4, -0.2) is 25.3 Å². The first-order valence-corrected chi connectivity index (χ1v) is 5.66. The van der Waals surface area contributed by atoms with Gasteiger partial charge in [0.25, 0.3) is 0 Å². The SMILES string of the molecule is COC(=O)c1c(O)cc(-c2ccc(OC)cc2)oc1=O. The molecule has 0 aliphatic carbocycles. The molecule has 0 spiro atoms. The maximum Gasteiger partial charge on any atom is 0.354 e. The summed E-state index contributed by atoms with van der Waals surface area (Å²) in [4.78, 5) is 23.0. The molecular weight excluding hydrogens is 264 g/mol. The lowest BCUT2D eigenvalue weighted by atomic mass is 10.1. The van der Waals surface area contributed by atoms with Crippen LogP contribution in [0.1, 0.15) is 10.4 Å². The van der Waals surface area contributed by atoms with Crippen molar-refractivity contribution in [3.63, 3.8) is 0 Å². The third-order valence-electron chi connectivity index (χ3n) is 2.69. The van der Waals surface area contributed by atoms with E-state index >= 15 is 0 Å². The lowest BCUT2D eigenvalue weighted by molar-refractivity contribution is 0.0592. The van der Waals surface area contributed by atoms with E-state index < -0.39 is 22.9 Å². The number of esters is 1. The lowest BCUT2D eigenvalue weighted by Gasteiger charge is -2.05. The van der Waals surface area contributed by atoms with Crippen LogP contribution in [-0.2, 0) is 4.74 Å². The van der Waals surface area contributed by atoms with E-state index in [9.17, 15) is 14.7 Å². The number of hydrogen-bond donors (Lipinski definition) is 1. The van der Waals surface area contributed by atoms with Crippen LogP contribution in [0.2, 0.25) is 0 Å². The van der Waals surface area contributed by atoms with Crippen molar-refractivity contribution in [2.45, 2.75) is 0 Å². The highest BCUT2D eigenvalue weighted by Crippen LogP contribution is 2.25. The Morgan fingerprint density at radius 1 is 1.20 bits per heavy atom. The van der Waals surface area contributed by atoms with Gasteiger partial charge in [-0.25, -0.2) is 9.59 Å². The van der Waals surface area contributed by atoms with Crippen molar-refractivity contribution in [2.75, 3.05) is 14.2 Å². The summed E-state index contributed by atoms with van der Waals surface area (Å²) in [6.45, 7) is 0. The summed E-state index contributed by atoms with van der Waals surface area (Å²) >= 11 is 0. The van der Waals surface area contributed by atoms with Crippen molar-refractivity contribution in [1.82, 2.24) is 0 Å². The first-order valence-electron chi connectivity index (χ1n) is 5.66. The number of aromatic hydroxyl groups is 1. The fraction of sp³-hybridized carbons (Fsp3) is 0.143. The number of carbonyl (C=O) groups is 1. The van der Waals surface area contributed by atoms with Gasteiger partial charge in [0.2, 0.25) is 0 Å². The number of ether oxygens (including phenoxy) is 2. The minimum Gasteiger partial charge on any atom is -0.507 e. The molecule has 1 aromatic carbocycles. The standard InChI is InChI=1S/C14H12O6/c1-18-9-5-3-8(4-6-9)11-7-10(15)12(13(16)19-2)14(17)20-11/h3-7,15H,1-2H3. The molecule has 1 heterocycles. The Balaban J connectivity index is 2.49. The van der Waals surface area contributed by atoms with Crippen molar-refractivity contribution >= 4 is 5.97 Å². The molecule has 0 aliphatic rings. The molecule has 0 bridgehead atoms. The summed E-state index contributed by atoms with van der Waals surface area (Å²) in [5.41, 5.74) is -0.915. The van der Waals surface area contributed by atoms with Gasteiger partial charge < -0.3 is 19.0 Å². The van der Waals surface area contributed by atoms with Crippen molar-refractivity contribution in [1.29, 1.82) is 0 Å². The molecule has 6 nitrogen and oxygen atoms in total. The van der Waals surface area contributed by atoms with Crippen LogP contribution < -0.4 is 10.4 Å². The van der Waals surface area contributed by atoms with Crippen LogP contribution in [0.5, 0.6) is 11.5 Å². The van der Waals surface area contributed by atoms with Crippen LogP contribution in [0.15, 0.2) is 39.5 Å². The van der Waals surface area contributed by atoms with Gasteiger partial charge in [-0.1, -0.05) is 0 Å². The van der Waals surface area contributed by atoms with Gasteiger partial charge in [0.1, 0.15) is 17.3 Å². The van der Waals surface area contributed by atoms with Crippen molar-refractivity contribution in [2.24, 2.45) is 0 Å².